The lowest BCUT2D eigenvalue weighted by Crippen LogP contribution is -2.45. The normalized spacial score (nSPS) is 15.2. The molecule has 0 aliphatic carbocycles. The van der Waals surface area contributed by atoms with Crippen molar-refractivity contribution < 1.29 is 9.59 Å². The summed E-state index contributed by atoms with van der Waals surface area (Å²) < 4.78 is 0. The summed E-state index contributed by atoms with van der Waals surface area (Å²) in [5.74, 6) is -0.464. The van der Waals surface area contributed by atoms with Crippen LogP contribution in [0.4, 0.5) is 0 Å². The van der Waals surface area contributed by atoms with Gasteiger partial charge in [0.05, 0.1) is 11.3 Å². The highest BCUT2D eigenvalue weighted by Crippen LogP contribution is 2.11. The Balaban J connectivity index is 4.55. The molecule has 16 heavy (non-hydrogen) atoms. The zero-order valence-corrected chi connectivity index (χ0v) is 11.3. The molecule has 5 heteroatoms. The van der Waals surface area contributed by atoms with Gasteiger partial charge >= 0.3 is 0 Å². The highest BCUT2D eigenvalue weighted by Gasteiger charge is 2.25. The Bertz CT molecular complexity index is 254. The summed E-state index contributed by atoms with van der Waals surface area (Å²) in [6.07, 6.45) is 0.341. The number of thiol groups is 1. The van der Waals surface area contributed by atoms with E-state index in [4.69, 9.17) is 5.73 Å². The van der Waals surface area contributed by atoms with Gasteiger partial charge in [0, 0.05) is 12.0 Å². The summed E-state index contributed by atoms with van der Waals surface area (Å²) >= 11 is 4.08. The molecular weight excluding hydrogens is 224 g/mol. The van der Waals surface area contributed by atoms with Crippen molar-refractivity contribution in [1.82, 2.24) is 5.32 Å². The van der Waals surface area contributed by atoms with Crippen LogP contribution in [0.15, 0.2) is 0 Å². The van der Waals surface area contributed by atoms with Crippen molar-refractivity contribution in [3.05, 3.63) is 0 Å². The van der Waals surface area contributed by atoms with Crippen molar-refractivity contribution >= 4 is 24.3 Å². The molecule has 0 aliphatic rings. The van der Waals surface area contributed by atoms with E-state index in [0.29, 0.717) is 6.42 Å². The Morgan fingerprint density at radius 1 is 1.25 bits per heavy atom. The monoisotopic (exact) mass is 246 g/mol. The number of ketones is 1. The number of primary amides is 1. The minimum absolute atomic E-state index is 0.0651. The van der Waals surface area contributed by atoms with Crippen molar-refractivity contribution in [1.29, 1.82) is 0 Å². The molecule has 0 saturated heterocycles. The van der Waals surface area contributed by atoms with Crippen LogP contribution in [0.25, 0.3) is 0 Å². The van der Waals surface area contributed by atoms with Gasteiger partial charge in [-0.25, -0.2) is 0 Å². The summed E-state index contributed by atoms with van der Waals surface area (Å²) in [4.78, 5) is 22.8. The Kier molecular flexibility index (Phi) is 6.67. The molecule has 0 aliphatic heterocycles. The molecular formula is C11H22N2O2S. The standard InChI is InChI=1S/C11H22N2O2S/c1-6(2)10(14)8(13-7(3)4)5-9(16)11(12)15/h6-9,13,16H,5H2,1-4H3,(H2,12,15). The highest BCUT2D eigenvalue weighted by molar-refractivity contribution is 7.81. The quantitative estimate of drug-likeness (QED) is 0.581. The molecule has 3 N–H and O–H groups in total. The lowest BCUT2D eigenvalue weighted by atomic mass is 9.97. The number of carbonyl (C=O) groups excluding carboxylic acids is 2. The van der Waals surface area contributed by atoms with Gasteiger partial charge in [-0.15, -0.1) is 0 Å². The summed E-state index contributed by atoms with van der Waals surface area (Å²) in [5, 5.41) is 2.56. The fraction of sp³-hybridized carbons (Fsp3) is 0.818. The Morgan fingerprint density at radius 2 is 1.75 bits per heavy atom. The van der Waals surface area contributed by atoms with E-state index < -0.39 is 11.2 Å². The summed E-state index contributed by atoms with van der Waals surface area (Å²) in [7, 11) is 0. The molecule has 0 aromatic rings. The van der Waals surface area contributed by atoms with Crippen molar-refractivity contribution in [2.24, 2.45) is 11.7 Å². The zero-order valence-electron chi connectivity index (χ0n) is 10.4. The number of carbonyl (C=O) groups is 2. The maximum Gasteiger partial charge on any atom is 0.230 e. The van der Waals surface area contributed by atoms with Crippen molar-refractivity contribution in [3.8, 4) is 0 Å². The van der Waals surface area contributed by atoms with E-state index in [9.17, 15) is 9.59 Å². The third-order valence-corrected chi connectivity index (χ3v) is 2.70. The molecule has 0 aromatic heterocycles. The fourth-order valence-electron chi connectivity index (χ4n) is 1.41. The maximum absolute atomic E-state index is 11.9. The number of Topliss-reactive ketones (excluding diaryl/α,β-unsaturated/α-hetero) is 1. The van der Waals surface area contributed by atoms with Crippen molar-refractivity contribution in [2.75, 3.05) is 0 Å². The fourth-order valence-corrected chi connectivity index (χ4v) is 1.62. The van der Waals surface area contributed by atoms with Gasteiger partial charge in [-0.1, -0.05) is 27.7 Å². The first-order valence-corrected chi connectivity index (χ1v) is 6.04. The first kappa shape index (κ1) is 15.4. The van der Waals surface area contributed by atoms with Crippen LogP contribution in [-0.2, 0) is 9.59 Å². The summed E-state index contributed by atoms with van der Waals surface area (Å²) in [5.41, 5.74) is 5.14. The largest absolute Gasteiger partial charge is 0.369 e. The molecule has 0 heterocycles. The van der Waals surface area contributed by atoms with Gasteiger partial charge in [-0.2, -0.15) is 12.6 Å². The lowest BCUT2D eigenvalue weighted by Gasteiger charge is -2.23. The molecule has 0 bridgehead atoms. The predicted molar refractivity (Wildman–Crippen MR) is 68.5 cm³/mol. The summed E-state index contributed by atoms with van der Waals surface area (Å²) in [6, 6.07) is -0.170. The molecule has 94 valence electrons. The van der Waals surface area contributed by atoms with Gasteiger partial charge in [0.25, 0.3) is 0 Å². The van der Waals surface area contributed by atoms with E-state index in [1.165, 1.54) is 0 Å². The van der Waals surface area contributed by atoms with Crippen LogP contribution in [0.5, 0.6) is 0 Å². The van der Waals surface area contributed by atoms with Gasteiger partial charge in [-0.05, 0) is 6.42 Å². The zero-order chi connectivity index (χ0) is 12.9. The molecule has 0 aromatic carbocycles. The third-order valence-electron chi connectivity index (χ3n) is 2.23. The number of rotatable bonds is 7. The van der Waals surface area contributed by atoms with Gasteiger partial charge in [-0.3, -0.25) is 9.59 Å². The van der Waals surface area contributed by atoms with E-state index in [2.05, 4.69) is 17.9 Å². The van der Waals surface area contributed by atoms with Gasteiger partial charge < -0.3 is 11.1 Å². The molecule has 0 radical (unpaired) electrons. The van der Waals surface area contributed by atoms with Gasteiger partial charge in [0.1, 0.15) is 0 Å². The van der Waals surface area contributed by atoms with Gasteiger partial charge in [0.2, 0.25) is 5.91 Å². The van der Waals surface area contributed by atoms with Crippen LogP contribution in [-0.4, -0.2) is 29.0 Å². The number of hydrogen-bond acceptors (Lipinski definition) is 4. The van der Waals surface area contributed by atoms with E-state index in [1.807, 2.05) is 27.7 Å². The number of nitrogens with one attached hydrogen (secondary N) is 1. The Hall–Kier alpha value is -0.550. The molecule has 0 rings (SSSR count). The minimum Gasteiger partial charge on any atom is -0.369 e. The van der Waals surface area contributed by atoms with E-state index in [1.54, 1.807) is 0 Å². The second-order valence-electron chi connectivity index (χ2n) is 4.58. The molecule has 2 atom stereocenters. The molecule has 0 fully saturated rings. The topological polar surface area (TPSA) is 72.2 Å². The van der Waals surface area contributed by atoms with Crippen molar-refractivity contribution in [3.63, 3.8) is 0 Å². The second kappa shape index (κ2) is 6.91. The van der Waals surface area contributed by atoms with Crippen LogP contribution in [0, 0.1) is 5.92 Å². The molecule has 0 spiro atoms. The molecule has 4 nitrogen and oxygen atoms in total. The highest BCUT2D eigenvalue weighted by atomic mass is 32.1. The summed E-state index contributed by atoms with van der Waals surface area (Å²) in [6.45, 7) is 7.60. The smallest absolute Gasteiger partial charge is 0.230 e. The minimum atomic E-state index is -0.584. The first-order chi connectivity index (χ1) is 7.25. The molecule has 2 unspecified atom stereocenters. The first-order valence-electron chi connectivity index (χ1n) is 5.52. The van der Waals surface area contributed by atoms with E-state index >= 15 is 0 Å². The second-order valence-corrected chi connectivity index (χ2v) is 5.21. The molecule has 0 saturated carbocycles. The average Bonchev–Trinajstić information content (AvgIpc) is 2.14. The number of amides is 1. The van der Waals surface area contributed by atoms with E-state index in [0.717, 1.165) is 0 Å². The maximum atomic E-state index is 11.9. The number of hydrogen-bond donors (Lipinski definition) is 3. The average molecular weight is 246 g/mol. The Morgan fingerprint density at radius 3 is 2.06 bits per heavy atom. The van der Waals surface area contributed by atoms with E-state index in [-0.39, 0.29) is 23.8 Å². The van der Waals surface area contributed by atoms with Crippen LogP contribution in [0.1, 0.15) is 34.1 Å². The van der Waals surface area contributed by atoms with Crippen LogP contribution < -0.4 is 11.1 Å². The lowest BCUT2D eigenvalue weighted by molar-refractivity contribution is -0.124. The predicted octanol–water partition coefficient (Wildman–Crippen LogP) is 0.752. The van der Waals surface area contributed by atoms with Crippen LogP contribution in [0.2, 0.25) is 0 Å². The third kappa shape index (κ3) is 5.51. The van der Waals surface area contributed by atoms with Crippen LogP contribution >= 0.6 is 12.6 Å². The Labute approximate surface area is 103 Å². The van der Waals surface area contributed by atoms with Crippen molar-refractivity contribution in [2.45, 2.75) is 51.4 Å². The van der Waals surface area contributed by atoms with Gasteiger partial charge in [0.15, 0.2) is 5.78 Å². The number of nitrogens with two attached hydrogens (primary N) is 1. The van der Waals surface area contributed by atoms with Crippen LogP contribution in [0.3, 0.4) is 0 Å². The SMILES string of the molecule is CC(C)NC(CC(S)C(N)=O)C(=O)C(C)C. The molecule has 1 amide bonds.